The summed E-state index contributed by atoms with van der Waals surface area (Å²) in [6, 6.07) is 7.81. The SMILES string of the molecule is COc1ccc(C=C/C(CCN(C)C)=N/NC(N)=S)cc1. The van der Waals surface area contributed by atoms with Gasteiger partial charge >= 0.3 is 0 Å². The fraction of sp³-hybridized carbons (Fsp3) is 0.333. The summed E-state index contributed by atoms with van der Waals surface area (Å²) in [5, 5.41) is 4.37. The van der Waals surface area contributed by atoms with Crippen LogP contribution >= 0.6 is 12.2 Å². The number of thiocarbonyl (C=S) groups is 1. The Balaban J connectivity index is 2.75. The Morgan fingerprint density at radius 3 is 2.57 bits per heavy atom. The van der Waals surface area contributed by atoms with E-state index >= 15 is 0 Å². The van der Waals surface area contributed by atoms with Crippen LogP contribution in [0.3, 0.4) is 0 Å². The van der Waals surface area contributed by atoms with Gasteiger partial charge in [0.05, 0.1) is 12.8 Å². The zero-order chi connectivity index (χ0) is 15.7. The van der Waals surface area contributed by atoms with Crippen molar-refractivity contribution in [3.8, 4) is 5.75 Å². The molecule has 0 aliphatic carbocycles. The summed E-state index contributed by atoms with van der Waals surface area (Å²) < 4.78 is 5.13. The van der Waals surface area contributed by atoms with Crippen LogP contribution in [0.4, 0.5) is 0 Å². The minimum Gasteiger partial charge on any atom is -0.497 e. The number of hydrazone groups is 1. The van der Waals surface area contributed by atoms with Gasteiger partial charge in [-0.25, -0.2) is 0 Å². The molecule has 0 aliphatic heterocycles. The Labute approximate surface area is 131 Å². The standard InChI is InChI=1S/C15H22N4OS/c1-19(2)11-10-13(17-18-15(16)21)7-4-12-5-8-14(20-3)9-6-12/h4-9H,10-11H2,1-3H3,(H3,16,18,21)/b7-4?,17-13-. The number of hydrogen-bond donors (Lipinski definition) is 2. The van der Waals surface area contributed by atoms with Crippen molar-refractivity contribution in [1.29, 1.82) is 0 Å². The maximum atomic E-state index is 5.40. The van der Waals surface area contributed by atoms with Crippen molar-refractivity contribution in [2.24, 2.45) is 10.8 Å². The molecule has 0 fully saturated rings. The smallest absolute Gasteiger partial charge is 0.184 e. The molecule has 0 saturated heterocycles. The number of ether oxygens (including phenoxy) is 1. The van der Waals surface area contributed by atoms with Crippen molar-refractivity contribution >= 4 is 29.1 Å². The minimum atomic E-state index is 0.162. The van der Waals surface area contributed by atoms with E-state index in [1.165, 1.54) is 0 Å². The third kappa shape index (κ3) is 7.43. The molecule has 5 nitrogen and oxygen atoms in total. The molecule has 0 heterocycles. The first-order valence-corrected chi connectivity index (χ1v) is 7.01. The van der Waals surface area contributed by atoms with E-state index in [-0.39, 0.29) is 5.11 Å². The van der Waals surface area contributed by atoms with E-state index in [1.54, 1.807) is 7.11 Å². The first-order valence-electron chi connectivity index (χ1n) is 6.60. The summed E-state index contributed by atoms with van der Waals surface area (Å²) >= 11 is 4.77. The van der Waals surface area contributed by atoms with Crippen LogP contribution in [0, 0.1) is 0 Å². The van der Waals surface area contributed by atoms with Crippen LogP contribution in [0.5, 0.6) is 5.75 Å². The van der Waals surface area contributed by atoms with Crippen molar-refractivity contribution in [1.82, 2.24) is 10.3 Å². The van der Waals surface area contributed by atoms with Gasteiger partial charge in [-0.3, -0.25) is 5.43 Å². The van der Waals surface area contributed by atoms with Gasteiger partial charge in [0, 0.05) is 13.0 Å². The normalized spacial score (nSPS) is 11.9. The van der Waals surface area contributed by atoms with Gasteiger partial charge in [-0.05, 0) is 50.1 Å². The number of methoxy groups -OCH3 is 1. The van der Waals surface area contributed by atoms with E-state index in [2.05, 4.69) is 15.4 Å². The summed E-state index contributed by atoms with van der Waals surface area (Å²) in [6.07, 6.45) is 4.75. The molecule has 0 atom stereocenters. The number of nitrogens with two attached hydrogens (primary N) is 1. The predicted octanol–water partition coefficient (Wildman–Crippen LogP) is 1.85. The summed E-state index contributed by atoms with van der Waals surface area (Å²) in [6.45, 7) is 0.894. The molecule has 0 radical (unpaired) electrons. The molecular formula is C15H22N4OS. The molecule has 1 rings (SSSR count). The fourth-order valence-corrected chi connectivity index (χ4v) is 1.59. The Hall–Kier alpha value is -1.92. The fourth-order valence-electron chi connectivity index (χ4n) is 1.55. The second kappa shape index (κ2) is 9.10. The number of allylic oxidation sites excluding steroid dienone is 1. The monoisotopic (exact) mass is 306 g/mol. The summed E-state index contributed by atoms with van der Waals surface area (Å²) in [7, 11) is 5.69. The van der Waals surface area contributed by atoms with Gasteiger partial charge in [0.25, 0.3) is 0 Å². The number of rotatable bonds is 7. The average molecular weight is 306 g/mol. The molecule has 1 aromatic carbocycles. The van der Waals surface area contributed by atoms with E-state index in [0.29, 0.717) is 0 Å². The highest BCUT2D eigenvalue weighted by molar-refractivity contribution is 7.80. The second-order valence-electron chi connectivity index (χ2n) is 4.74. The minimum absolute atomic E-state index is 0.162. The lowest BCUT2D eigenvalue weighted by molar-refractivity contribution is 0.415. The number of nitrogens with zero attached hydrogens (tertiary/aromatic N) is 2. The van der Waals surface area contributed by atoms with Crippen LogP contribution < -0.4 is 15.9 Å². The highest BCUT2D eigenvalue weighted by atomic mass is 32.1. The third-order valence-electron chi connectivity index (χ3n) is 2.71. The number of hydrogen-bond acceptors (Lipinski definition) is 4. The van der Waals surface area contributed by atoms with Gasteiger partial charge in [0.2, 0.25) is 0 Å². The molecule has 1 aromatic rings. The Morgan fingerprint density at radius 2 is 2.05 bits per heavy atom. The van der Waals surface area contributed by atoms with Gasteiger partial charge in [-0.2, -0.15) is 5.10 Å². The average Bonchev–Trinajstić information content (AvgIpc) is 2.46. The Morgan fingerprint density at radius 1 is 1.38 bits per heavy atom. The number of nitrogens with one attached hydrogen (secondary N) is 1. The first kappa shape index (κ1) is 17.1. The van der Waals surface area contributed by atoms with E-state index in [1.807, 2.05) is 50.5 Å². The van der Waals surface area contributed by atoms with Gasteiger partial charge < -0.3 is 15.4 Å². The molecule has 0 saturated carbocycles. The maximum absolute atomic E-state index is 5.40. The Kier molecular flexibility index (Phi) is 7.42. The summed E-state index contributed by atoms with van der Waals surface area (Å²) in [5.74, 6) is 0.837. The van der Waals surface area contributed by atoms with Crippen LogP contribution in [-0.2, 0) is 0 Å². The largest absolute Gasteiger partial charge is 0.497 e. The summed E-state index contributed by atoms with van der Waals surface area (Å²) in [5.41, 5.74) is 9.99. The molecular weight excluding hydrogens is 284 g/mol. The van der Waals surface area contributed by atoms with E-state index in [4.69, 9.17) is 22.7 Å². The van der Waals surface area contributed by atoms with Crippen molar-refractivity contribution < 1.29 is 4.74 Å². The lowest BCUT2D eigenvalue weighted by Gasteiger charge is -2.09. The molecule has 0 unspecified atom stereocenters. The van der Waals surface area contributed by atoms with Crippen molar-refractivity contribution in [2.45, 2.75) is 6.42 Å². The molecule has 6 heteroatoms. The molecule has 3 N–H and O–H groups in total. The molecule has 114 valence electrons. The summed E-state index contributed by atoms with van der Waals surface area (Å²) in [4.78, 5) is 2.09. The van der Waals surface area contributed by atoms with Crippen molar-refractivity contribution in [3.05, 3.63) is 35.9 Å². The second-order valence-corrected chi connectivity index (χ2v) is 5.18. The predicted molar refractivity (Wildman–Crippen MR) is 92.6 cm³/mol. The molecule has 0 spiro atoms. The Bertz CT molecular complexity index is 509. The van der Waals surface area contributed by atoms with E-state index in [9.17, 15) is 0 Å². The molecule has 0 bridgehead atoms. The van der Waals surface area contributed by atoms with Crippen molar-refractivity contribution in [3.63, 3.8) is 0 Å². The first-order chi connectivity index (χ1) is 10.0. The molecule has 0 aromatic heterocycles. The zero-order valence-electron chi connectivity index (χ0n) is 12.7. The zero-order valence-corrected chi connectivity index (χ0v) is 13.5. The van der Waals surface area contributed by atoms with Crippen LogP contribution in [0.2, 0.25) is 0 Å². The highest BCUT2D eigenvalue weighted by Gasteiger charge is 1.98. The highest BCUT2D eigenvalue weighted by Crippen LogP contribution is 2.12. The molecule has 21 heavy (non-hydrogen) atoms. The van der Waals surface area contributed by atoms with Gasteiger partial charge in [0.15, 0.2) is 5.11 Å². The van der Waals surface area contributed by atoms with E-state index in [0.717, 1.165) is 30.0 Å². The van der Waals surface area contributed by atoms with Crippen LogP contribution in [0.1, 0.15) is 12.0 Å². The number of benzene rings is 1. The molecule has 0 amide bonds. The van der Waals surface area contributed by atoms with Gasteiger partial charge in [-0.1, -0.05) is 18.2 Å². The lowest BCUT2D eigenvalue weighted by Crippen LogP contribution is -2.26. The quantitative estimate of drug-likeness (QED) is 0.457. The van der Waals surface area contributed by atoms with Gasteiger partial charge in [0.1, 0.15) is 5.75 Å². The third-order valence-corrected chi connectivity index (χ3v) is 2.80. The molecule has 0 aliphatic rings. The van der Waals surface area contributed by atoms with Crippen LogP contribution in [-0.4, -0.2) is 43.5 Å². The van der Waals surface area contributed by atoms with E-state index < -0.39 is 0 Å². The van der Waals surface area contributed by atoms with Crippen molar-refractivity contribution in [2.75, 3.05) is 27.7 Å². The lowest BCUT2D eigenvalue weighted by atomic mass is 10.1. The van der Waals surface area contributed by atoms with Crippen LogP contribution in [0.15, 0.2) is 35.4 Å². The topological polar surface area (TPSA) is 62.9 Å². The maximum Gasteiger partial charge on any atom is 0.184 e. The van der Waals surface area contributed by atoms with Gasteiger partial charge in [-0.15, -0.1) is 0 Å². The van der Waals surface area contributed by atoms with Crippen LogP contribution in [0.25, 0.3) is 6.08 Å².